The lowest BCUT2D eigenvalue weighted by Gasteiger charge is -2.32. The minimum atomic E-state index is 0.122. The second-order valence-corrected chi connectivity index (χ2v) is 6.57. The van der Waals surface area contributed by atoms with Gasteiger partial charge in [0.2, 0.25) is 0 Å². The van der Waals surface area contributed by atoms with E-state index >= 15 is 0 Å². The lowest BCUT2D eigenvalue weighted by molar-refractivity contribution is 0.267. The van der Waals surface area contributed by atoms with Crippen molar-refractivity contribution < 1.29 is 9.47 Å². The van der Waals surface area contributed by atoms with Crippen LogP contribution in [0.25, 0.3) is 0 Å². The third kappa shape index (κ3) is 1.69. The molecule has 0 radical (unpaired) electrons. The lowest BCUT2D eigenvalue weighted by atomic mass is 9.84. The van der Waals surface area contributed by atoms with Gasteiger partial charge in [0, 0.05) is 28.7 Å². The van der Waals surface area contributed by atoms with E-state index in [1.807, 2.05) is 0 Å². The van der Waals surface area contributed by atoms with Crippen LogP contribution >= 0.6 is 11.6 Å². The number of hydrogen-bond acceptors (Lipinski definition) is 3. The first-order valence-electron chi connectivity index (χ1n) is 7.60. The highest BCUT2D eigenvalue weighted by Gasteiger charge is 2.48. The Morgan fingerprint density at radius 3 is 2.30 bits per heavy atom. The molecular weight excluding hydrogens is 274 g/mol. The topological polar surface area (TPSA) is 44.5 Å². The number of nitrogens with two attached hydrogens (primary N) is 1. The maximum atomic E-state index is 6.59. The van der Waals surface area contributed by atoms with Gasteiger partial charge in [-0.15, -0.1) is 0 Å². The first-order chi connectivity index (χ1) is 9.77. The third-order valence-electron chi connectivity index (χ3n) is 4.95. The fourth-order valence-electron chi connectivity index (χ4n) is 3.66. The molecule has 3 nitrogen and oxygen atoms in total. The lowest BCUT2D eigenvalue weighted by Crippen LogP contribution is -2.26. The quantitative estimate of drug-likeness (QED) is 0.912. The number of halogens is 1. The molecule has 3 aliphatic rings. The van der Waals surface area contributed by atoms with Crippen LogP contribution in [0.2, 0.25) is 5.02 Å². The van der Waals surface area contributed by atoms with Gasteiger partial charge in [-0.1, -0.05) is 11.6 Å². The Morgan fingerprint density at radius 2 is 1.65 bits per heavy atom. The molecule has 2 N–H and O–H groups in total. The van der Waals surface area contributed by atoms with Crippen molar-refractivity contribution in [1.29, 1.82) is 0 Å². The van der Waals surface area contributed by atoms with Gasteiger partial charge in [-0.05, 0) is 38.5 Å². The van der Waals surface area contributed by atoms with Gasteiger partial charge >= 0.3 is 0 Å². The van der Waals surface area contributed by atoms with E-state index in [-0.39, 0.29) is 5.41 Å². The maximum absolute atomic E-state index is 6.59. The summed E-state index contributed by atoms with van der Waals surface area (Å²) in [5.74, 6) is 1.95. The van der Waals surface area contributed by atoms with Gasteiger partial charge in [-0.3, -0.25) is 0 Å². The van der Waals surface area contributed by atoms with Gasteiger partial charge in [-0.25, -0.2) is 0 Å². The van der Waals surface area contributed by atoms with Crippen LogP contribution in [0, 0.1) is 0 Å². The summed E-state index contributed by atoms with van der Waals surface area (Å²) in [6, 6.07) is 0. The zero-order chi connectivity index (χ0) is 13.7. The standard InChI is InChI=1S/C16H20ClNO2/c17-13-11-4-2-7-19-14(11)12(16(9-18)5-6-16)10-3-1-8-20-15(10)13/h1-9,18H2. The predicted molar refractivity (Wildman–Crippen MR) is 79.1 cm³/mol. The highest BCUT2D eigenvalue weighted by Crippen LogP contribution is 2.57. The van der Waals surface area contributed by atoms with Gasteiger partial charge in [-0.2, -0.15) is 0 Å². The smallest absolute Gasteiger partial charge is 0.141 e. The number of fused-ring (bicyclic) bond motifs is 2. The van der Waals surface area contributed by atoms with E-state index in [1.165, 1.54) is 11.1 Å². The van der Waals surface area contributed by atoms with Crippen molar-refractivity contribution in [1.82, 2.24) is 0 Å². The van der Waals surface area contributed by atoms with Gasteiger partial charge in [0.05, 0.1) is 18.2 Å². The average molecular weight is 294 g/mol. The highest BCUT2D eigenvalue weighted by atomic mass is 35.5. The first-order valence-corrected chi connectivity index (χ1v) is 7.98. The Morgan fingerprint density at radius 1 is 1.00 bits per heavy atom. The number of hydrogen-bond donors (Lipinski definition) is 1. The minimum absolute atomic E-state index is 0.122. The molecule has 2 heterocycles. The summed E-state index contributed by atoms with van der Waals surface area (Å²) in [5, 5.41) is 0.783. The number of benzene rings is 1. The average Bonchev–Trinajstić information content (AvgIpc) is 3.29. The molecule has 1 fully saturated rings. The Hall–Kier alpha value is -0.930. The molecule has 0 bridgehead atoms. The molecule has 0 spiro atoms. The summed E-state index contributed by atoms with van der Waals surface area (Å²) in [6.07, 6.45) is 6.41. The second kappa shape index (κ2) is 4.54. The summed E-state index contributed by atoms with van der Waals surface area (Å²) in [4.78, 5) is 0. The summed E-state index contributed by atoms with van der Waals surface area (Å²) < 4.78 is 11.9. The molecule has 0 unspecified atom stereocenters. The predicted octanol–water partition coefficient (Wildman–Crippen LogP) is 2.98. The van der Waals surface area contributed by atoms with Gasteiger partial charge in [0.1, 0.15) is 11.5 Å². The molecule has 1 aromatic rings. The summed E-state index contributed by atoms with van der Waals surface area (Å²) in [6.45, 7) is 2.24. The molecule has 2 aliphatic heterocycles. The van der Waals surface area contributed by atoms with Crippen LogP contribution < -0.4 is 15.2 Å². The Bertz CT molecular complexity index is 529. The van der Waals surface area contributed by atoms with E-state index in [0.717, 1.165) is 73.8 Å². The summed E-state index contributed by atoms with van der Waals surface area (Å²) in [5.41, 5.74) is 9.94. The van der Waals surface area contributed by atoms with Gasteiger partial charge < -0.3 is 15.2 Å². The normalized spacial score (nSPS) is 22.3. The van der Waals surface area contributed by atoms with Crippen molar-refractivity contribution in [3.63, 3.8) is 0 Å². The van der Waals surface area contributed by atoms with E-state index in [1.54, 1.807) is 0 Å². The first kappa shape index (κ1) is 12.8. The van der Waals surface area contributed by atoms with Crippen molar-refractivity contribution >= 4 is 11.6 Å². The van der Waals surface area contributed by atoms with Crippen molar-refractivity contribution in [3.05, 3.63) is 21.7 Å². The monoisotopic (exact) mass is 293 g/mol. The molecule has 1 saturated carbocycles. The van der Waals surface area contributed by atoms with Crippen LogP contribution in [0.4, 0.5) is 0 Å². The Labute approximate surface area is 124 Å². The molecule has 20 heavy (non-hydrogen) atoms. The molecule has 4 rings (SSSR count). The zero-order valence-electron chi connectivity index (χ0n) is 11.6. The summed E-state index contributed by atoms with van der Waals surface area (Å²) >= 11 is 6.59. The fraction of sp³-hybridized carbons (Fsp3) is 0.625. The molecule has 0 aromatic heterocycles. The Kier molecular flexibility index (Phi) is 2.90. The van der Waals surface area contributed by atoms with E-state index in [0.29, 0.717) is 6.54 Å². The fourth-order valence-corrected chi connectivity index (χ4v) is 4.01. The van der Waals surface area contributed by atoms with E-state index in [4.69, 9.17) is 26.8 Å². The van der Waals surface area contributed by atoms with Crippen molar-refractivity contribution in [3.8, 4) is 11.5 Å². The van der Waals surface area contributed by atoms with Gasteiger partial charge in [0.25, 0.3) is 0 Å². The van der Waals surface area contributed by atoms with E-state index in [2.05, 4.69) is 0 Å². The second-order valence-electron chi connectivity index (χ2n) is 6.19. The molecule has 1 aliphatic carbocycles. The van der Waals surface area contributed by atoms with Crippen LogP contribution in [0.1, 0.15) is 42.4 Å². The molecule has 1 aromatic carbocycles. The minimum Gasteiger partial charge on any atom is -0.493 e. The number of ether oxygens (including phenoxy) is 2. The molecule has 0 atom stereocenters. The van der Waals surface area contributed by atoms with Crippen LogP contribution in [0.3, 0.4) is 0 Å². The molecule has 0 saturated heterocycles. The SMILES string of the molecule is NCC1(c2c3c(c(Cl)c4c2OCCC4)OCCC3)CC1. The van der Waals surface area contributed by atoms with E-state index in [9.17, 15) is 0 Å². The van der Waals surface area contributed by atoms with Crippen LogP contribution in [0.15, 0.2) is 0 Å². The Balaban J connectivity index is 1.99. The van der Waals surface area contributed by atoms with Crippen LogP contribution in [-0.2, 0) is 18.3 Å². The molecule has 4 heteroatoms. The van der Waals surface area contributed by atoms with Crippen LogP contribution in [0.5, 0.6) is 11.5 Å². The van der Waals surface area contributed by atoms with Crippen LogP contribution in [-0.4, -0.2) is 19.8 Å². The van der Waals surface area contributed by atoms with Gasteiger partial charge in [0.15, 0.2) is 0 Å². The van der Waals surface area contributed by atoms with Crippen molar-refractivity contribution in [2.24, 2.45) is 5.73 Å². The zero-order valence-corrected chi connectivity index (χ0v) is 12.4. The molecular formula is C16H20ClNO2. The maximum Gasteiger partial charge on any atom is 0.141 e. The van der Waals surface area contributed by atoms with E-state index < -0.39 is 0 Å². The third-order valence-corrected chi connectivity index (χ3v) is 5.35. The summed E-state index contributed by atoms with van der Waals surface area (Å²) in [7, 11) is 0. The molecule has 0 amide bonds. The molecule has 108 valence electrons. The van der Waals surface area contributed by atoms with Crippen molar-refractivity contribution in [2.75, 3.05) is 19.8 Å². The highest BCUT2D eigenvalue weighted by molar-refractivity contribution is 6.33. The largest absolute Gasteiger partial charge is 0.493 e. The number of rotatable bonds is 2. The van der Waals surface area contributed by atoms with Crippen molar-refractivity contribution in [2.45, 2.75) is 43.9 Å².